The first-order valence-electron chi connectivity index (χ1n) is 11.1. The fraction of sp³-hybridized carbons (Fsp3) is 0.696. The second-order valence-corrected chi connectivity index (χ2v) is 8.19. The van der Waals surface area contributed by atoms with E-state index in [0.717, 1.165) is 69.8 Å². The van der Waals surface area contributed by atoms with Crippen LogP contribution in [0.2, 0.25) is 0 Å². The number of piperazine rings is 1. The SMILES string of the molecule is CC[C@@H]1CCCCN1C(=O)CN1CCN(Cc2ccc(OC)c(OC)c2OC)CC1. The van der Waals surface area contributed by atoms with Crippen molar-refractivity contribution in [1.82, 2.24) is 14.7 Å². The van der Waals surface area contributed by atoms with E-state index in [-0.39, 0.29) is 0 Å². The summed E-state index contributed by atoms with van der Waals surface area (Å²) in [4.78, 5) is 19.7. The number of hydrogen-bond acceptors (Lipinski definition) is 6. The summed E-state index contributed by atoms with van der Waals surface area (Å²) < 4.78 is 16.5. The molecule has 2 heterocycles. The lowest BCUT2D eigenvalue weighted by Gasteiger charge is -2.39. The summed E-state index contributed by atoms with van der Waals surface area (Å²) in [5, 5.41) is 0. The van der Waals surface area contributed by atoms with Crippen molar-refractivity contribution in [2.75, 3.05) is 60.6 Å². The number of rotatable bonds is 8. The number of amides is 1. The number of methoxy groups -OCH3 is 3. The molecule has 0 aliphatic carbocycles. The normalized spacial score (nSPS) is 20.8. The van der Waals surface area contributed by atoms with Crippen molar-refractivity contribution in [3.8, 4) is 17.2 Å². The summed E-state index contributed by atoms with van der Waals surface area (Å²) in [6, 6.07) is 4.40. The van der Waals surface area contributed by atoms with E-state index in [0.29, 0.717) is 30.0 Å². The van der Waals surface area contributed by atoms with E-state index in [9.17, 15) is 4.79 Å². The number of benzene rings is 1. The molecular weight excluding hydrogens is 382 g/mol. The van der Waals surface area contributed by atoms with Crippen molar-refractivity contribution in [3.63, 3.8) is 0 Å². The van der Waals surface area contributed by atoms with Crippen LogP contribution in [0.3, 0.4) is 0 Å². The van der Waals surface area contributed by atoms with Gasteiger partial charge < -0.3 is 19.1 Å². The summed E-state index contributed by atoms with van der Waals surface area (Å²) in [5.41, 5.74) is 1.08. The Morgan fingerprint density at radius 2 is 1.63 bits per heavy atom. The highest BCUT2D eigenvalue weighted by Gasteiger charge is 2.28. The lowest BCUT2D eigenvalue weighted by molar-refractivity contribution is -0.136. The Morgan fingerprint density at radius 1 is 0.933 bits per heavy atom. The van der Waals surface area contributed by atoms with Crippen LogP contribution >= 0.6 is 0 Å². The summed E-state index contributed by atoms with van der Waals surface area (Å²) in [6.07, 6.45) is 4.61. The quantitative estimate of drug-likeness (QED) is 0.646. The van der Waals surface area contributed by atoms with Crippen LogP contribution in [0.1, 0.15) is 38.2 Å². The zero-order valence-corrected chi connectivity index (χ0v) is 19.0. The molecule has 7 heteroatoms. The van der Waals surface area contributed by atoms with Gasteiger partial charge in [0, 0.05) is 50.9 Å². The second-order valence-electron chi connectivity index (χ2n) is 8.19. The van der Waals surface area contributed by atoms with Gasteiger partial charge in [0.2, 0.25) is 11.7 Å². The molecule has 2 aliphatic heterocycles. The molecule has 1 aromatic carbocycles. The van der Waals surface area contributed by atoms with E-state index in [4.69, 9.17) is 14.2 Å². The van der Waals surface area contributed by atoms with Crippen molar-refractivity contribution in [2.24, 2.45) is 0 Å². The molecule has 3 rings (SSSR count). The number of likely N-dealkylation sites (tertiary alicyclic amines) is 1. The zero-order valence-electron chi connectivity index (χ0n) is 19.0. The molecule has 1 aromatic rings. The van der Waals surface area contributed by atoms with Gasteiger partial charge in [-0.2, -0.15) is 0 Å². The Hall–Kier alpha value is -1.99. The van der Waals surface area contributed by atoms with E-state index >= 15 is 0 Å². The topological polar surface area (TPSA) is 54.5 Å². The first-order chi connectivity index (χ1) is 14.6. The third kappa shape index (κ3) is 5.19. The van der Waals surface area contributed by atoms with Gasteiger partial charge in [-0.1, -0.05) is 13.0 Å². The van der Waals surface area contributed by atoms with E-state index in [1.165, 1.54) is 6.42 Å². The number of ether oxygens (including phenoxy) is 3. The Morgan fingerprint density at radius 3 is 2.27 bits per heavy atom. The van der Waals surface area contributed by atoms with Crippen molar-refractivity contribution in [1.29, 1.82) is 0 Å². The molecule has 1 atom stereocenters. The van der Waals surface area contributed by atoms with Crippen LogP contribution in [0.25, 0.3) is 0 Å². The van der Waals surface area contributed by atoms with Gasteiger partial charge in [-0.3, -0.25) is 14.6 Å². The minimum atomic E-state index is 0.302. The molecular formula is C23H37N3O4. The van der Waals surface area contributed by atoms with Gasteiger partial charge in [0.15, 0.2) is 11.5 Å². The molecule has 168 valence electrons. The van der Waals surface area contributed by atoms with Gasteiger partial charge >= 0.3 is 0 Å². The Labute approximate surface area is 180 Å². The standard InChI is InChI=1S/C23H37N3O4/c1-5-19-8-6-7-11-26(19)21(27)17-25-14-12-24(13-15-25)16-18-9-10-20(28-2)23(30-4)22(18)29-3/h9-10,19H,5-8,11-17H2,1-4H3/t19-/m1/s1. The number of nitrogens with zero attached hydrogens (tertiary/aromatic N) is 3. The molecule has 2 fully saturated rings. The van der Waals surface area contributed by atoms with Crippen LogP contribution in [0.15, 0.2) is 12.1 Å². The summed E-state index contributed by atoms with van der Waals surface area (Å²) in [6.45, 7) is 8.13. The first kappa shape index (κ1) is 22.7. The molecule has 0 radical (unpaired) electrons. The van der Waals surface area contributed by atoms with Crippen molar-refractivity contribution in [3.05, 3.63) is 17.7 Å². The van der Waals surface area contributed by atoms with E-state index in [2.05, 4.69) is 21.6 Å². The molecule has 2 saturated heterocycles. The van der Waals surface area contributed by atoms with Crippen LogP contribution in [0.5, 0.6) is 17.2 Å². The fourth-order valence-electron chi connectivity index (χ4n) is 4.67. The van der Waals surface area contributed by atoms with Crippen LogP contribution in [0, 0.1) is 0 Å². The highest BCUT2D eigenvalue weighted by atomic mass is 16.5. The van der Waals surface area contributed by atoms with E-state index in [1.807, 2.05) is 12.1 Å². The minimum Gasteiger partial charge on any atom is -0.493 e. The first-order valence-corrected chi connectivity index (χ1v) is 11.1. The van der Waals surface area contributed by atoms with Crippen LogP contribution in [0.4, 0.5) is 0 Å². The molecule has 1 amide bonds. The van der Waals surface area contributed by atoms with Crippen molar-refractivity contribution in [2.45, 2.75) is 45.2 Å². The molecule has 2 aliphatic rings. The summed E-state index contributed by atoms with van der Waals surface area (Å²) >= 11 is 0. The molecule has 30 heavy (non-hydrogen) atoms. The molecule has 0 bridgehead atoms. The predicted molar refractivity (Wildman–Crippen MR) is 117 cm³/mol. The Balaban J connectivity index is 1.54. The van der Waals surface area contributed by atoms with Crippen molar-refractivity contribution >= 4 is 5.91 Å². The average Bonchev–Trinajstić information content (AvgIpc) is 2.79. The monoisotopic (exact) mass is 419 g/mol. The molecule has 0 unspecified atom stereocenters. The van der Waals surface area contributed by atoms with Gasteiger partial charge in [0.05, 0.1) is 27.9 Å². The Kier molecular flexibility index (Phi) is 8.22. The third-order valence-electron chi connectivity index (χ3n) is 6.42. The lowest BCUT2D eigenvalue weighted by Crippen LogP contribution is -2.52. The van der Waals surface area contributed by atoms with E-state index in [1.54, 1.807) is 21.3 Å². The lowest BCUT2D eigenvalue weighted by atomic mass is 10.00. The van der Waals surface area contributed by atoms with Crippen LogP contribution < -0.4 is 14.2 Å². The zero-order chi connectivity index (χ0) is 21.5. The Bertz CT molecular complexity index is 704. The number of hydrogen-bond donors (Lipinski definition) is 0. The fourth-order valence-corrected chi connectivity index (χ4v) is 4.67. The minimum absolute atomic E-state index is 0.302. The molecule has 0 N–H and O–H groups in total. The molecule has 0 saturated carbocycles. The number of piperidine rings is 1. The number of carbonyl (C=O) groups is 1. The second kappa shape index (κ2) is 10.9. The highest BCUT2D eigenvalue weighted by Crippen LogP contribution is 2.40. The van der Waals surface area contributed by atoms with E-state index < -0.39 is 0 Å². The van der Waals surface area contributed by atoms with Crippen LogP contribution in [-0.2, 0) is 11.3 Å². The summed E-state index contributed by atoms with van der Waals surface area (Å²) in [7, 11) is 4.92. The van der Waals surface area contributed by atoms with Crippen molar-refractivity contribution < 1.29 is 19.0 Å². The molecule has 0 spiro atoms. The smallest absolute Gasteiger partial charge is 0.236 e. The van der Waals surface area contributed by atoms with Gasteiger partial charge in [-0.15, -0.1) is 0 Å². The highest BCUT2D eigenvalue weighted by molar-refractivity contribution is 5.78. The predicted octanol–water partition coefficient (Wildman–Crippen LogP) is 2.62. The average molecular weight is 420 g/mol. The maximum Gasteiger partial charge on any atom is 0.236 e. The third-order valence-corrected chi connectivity index (χ3v) is 6.42. The van der Waals surface area contributed by atoms with Gasteiger partial charge in [0.25, 0.3) is 0 Å². The largest absolute Gasteiger partial charge is 0.493 e. The maximum atomic E-state index is 12.9. The van der Waals surface area contributed by atoms with Gasteiger partial charge in [0.1, 0.15) is 0 Å². The maximum absolute atomic E-state index is 12.9. The van der Waals surface area contributed by atoms with Gasteiger partial charge in [-0.25, -0.2) is 0 Å². The number of carbonyl (C=O) groups excluding carboxylic acids is 1. The summed E-state index contributed by atoms with van der Waals surface area (Å²) in [5.74, 6) is 2.33. The van der Waals surface area contributed by atoms with Gasteiger partial charge in [-0.05, 0) is 31.7 Å². The molecule has 7 nitrogen and oxygen atoms in total. The van der Waals surface area contributed by atoms with Crippen LogP contribution in [-0.4, -0.2) is 87.2 Å². The molecule has 0 aromatic heterocycles.